The smallest absolute Gasteiger partial charge is 0.374 e. The fourth-order valence-corrected chi connectivity index (χ4v) is 1.46. The molecule has 0 saturated carbocycles. The molecule has 1 amide bonds. The van der Waals surface area contributed by atoms with Gasteiger partial charge in [-0.15, -0.1) is 0 Å². The summed E-state index contributed by atoms with van der Waals surface area (Å²) in [6.07, 6.45) is 1.76. The average Bonchev–Trinajstić information content (AvgIpc) is 2.95. The van der Waals surface area contributed by atoms with Crippen LogP contribution in [0.3, 0.4) is 0 Å². The maximum atomic E-state index is 11.8. The number of ether oxygens (including phenoxy) is 1. The quantitative estimate of drug-likeness (QED) is 0.876. The Kier molecular flexibility index (Phi) is 4.37. The Bertz CT molecular complexity index is 595. The number of esters is 1. The van der Waals surface area contributed by atoms with Crippen molar-refractivity contribution in [2.75, 3.05) is 5.32 Å². The van der Waals surface area contributed by atoms with Crippen LogP contribution < -0.4 is 5.32 Å². The predicted molar refractivity (Wildman–Crippen MR) is 71.5 cm³/mol. The lowest BCUT2D eigenvalue weighted by Gasteiger charge is -2.12. The van der Waals surface area contributed by atoms with Crippen LogP contribution in [-0.2, 0) is 9.53 Å². The van der Waals surface area contributed by atoms with E-state index in [0.717, 1.165) is 0 Å². The van der Waals surface area contributed by atoms with Gasteiger partial charge in [0.05, 0.1) is 11.3 Å². The average molecular weight is 295 g/mol. The van der Waals surface area contributed by atoms with Gasteiger partial charge in [0.1, 0.15) is 5.82 Å². The molecule has 7 heteroatoms. The molecular weight excluding hydrogens is 284 g/mol. The molecule has 2 aromatic rings. The van der Waals surface area contributed by atoms with Gasteiger partial charge in [0, 0.05) is 6.20 Å². The Hall–Kier alpha value is -2.34. The number of carbonyl (C=O) groups excluding carboxylic acids is 2. The summed E-state index contributed by atoms with van der Waals surface area (Å²) in [5.41, 5.74) is 0. The van der Waals surface area contributed by atoms with E-state index >= 15 is 0 Å². The number of rotatable bonds is 4. The van der Waals surface area contributed by atoms with Crippen LogP contribution in [0.4, 0.5) is 5.82 Å². The Morgan fingerprint density at radius 1 is 1.40 bits per heavy atom. The molecule has 0 aliphatic rings. The fourth-order valence-electron chi connectivity index (χ4n) is 1.34. The molecule has 2 heterocycles. The van der Waals surface area contributed by atoms with Crippen LogP contribution in [0.2, 0.25) is 5.02 Å². The summed E-state index contributed by atoms with van der Waals surface area (Å²) in [5, 5.41) is 2.96. The minimum atomic E-state index is -0.981. The zero-order valence-electron chi connectivity index (χ0n) is 10.5. The third-order valence-electron chi connectivity index (χ3n) is 2.35. The topological polar surface area (TPSA) is 81.4 Å². The molecule has 0 unspecified atom stereocenters. The van der Waals surface area contributed by atoms with Crippen LogP contribution in [0, 0.1) is 0 Å². The Morgan fingerprint density at radius 2 is 2.20 bits per heavy atom. The van der Waals surface area contributed by atoms with Crippen molar-refractivity contribution < 1.29 is 18.7 Å². The minimum Gasteiger partial charge on any atom is -0.457 e. The lowest BCUT2D eigenvalue weighted by molar-refractivity contribution is -0.123. The number of amides is 1. The first kappa shape index (κ1) is 14.1. The molecule has 0 radical (unpaired) electrons. The molecule has 2 rings (SSSR count). The molecule has 0 aromatic carbocycles. The van der Waals surface area contributed by atoms with E-state index in [0.29, 0.717) is 10.8 Å². The zero-order valence-corrected chi connectivity index (χ0v) is 11.3. The molecule has 0 saturated heterocycles. The second-order valence-corrected chi connectivity index (χ2v) is 4.31. The van der Waals surface area contributed by atoms with Gasteiger partial charge in [-0.25, -0.2) is 9.78 Å². The highest BCUT2D eigenvalue weighted by molar-refractivity contribution is 6.30. The van der Waals surface area contributed by atoms with Gasteiger partial charge >= 0.3 is 5.97 Å². The van der Waals surface area contributed by atoms with Crippen molar-refractivity contribution in [3.8, 4) is 0 Å². The largest absolute Gasteiger partial charge is 0.457 e. The summed E-state index contributed by atoms with van der Waals surface area (Å²) in [5.74, 6) is -0.851. The highest BCUT2D eigenvalue weighted by Crippen LogP contribution is 2.11. The van der Waals surface area contributed by atoms with Gasteiger partial charge < -0.3 is 14.5 Å². The summed E-state index contributed by atoms with van der Waals surface area (Å²) >= 11 is 5.68. The van der Waals surface area contributed by atoms with E-state index in [1.165, 1.54) is 25.5 Å². The lowest BCUT2D eigenvalue weighted by Crippen LogP contribution is -2.30. The number of pyridine rings is 1. The predicted octanol–water partition coefficient (Wildman–Crippen LogP) is 2.51. The molecule has 6 nitrogen and oxygen atoms in total. The number of furan rings is 1. The Balaban J connectivity index is 1.92. The first-order valence-corrected chi connectivity index (χ1v) is 6.11. The normalized spacial score (nSPS) is 11.7. The number of anilines is 1. The van der Waals surface area contributed by atoms with E-state index in [-0.39, 0.29) is 5.76 Å². The Labute approximate surface area is 119 Å². The molecule has 20 heavy (non-hydrogen) atoms. The fraction of sp³-hybridized carbons (Fsp3) is 0.154. The molecule has 104 valence electrons. The molecule has 1 N–H and O–H groups in total. The second kappa shape index (κ2) is 6.21. The molecule has 0 spiro atoms. The third kappa shape index (κ3) is 3.58. The number of aromatic nitrogens is 1. The van der Waals surface area contributed by atoms with Crippen molar-refractivity contribution in [2.45, 2.75) is 13.0 Å². The van der Waals surface area contributed by atoms with Crippen LogP contribution in [0.1, 0.15) is 17.5 Å². The van der Waals surface area contributed by atoms with Gasteiger partial charge in [-0.05, 0) is 31.2 Å². The summed E-state index contributed by atoms with van der Waals surface area (Å²) in [4.78, 5) is 27.3. The SMILES string of the molecule is C[C@@H](OC(=O)c1ccco1)C(=O)Nc1ccc(Cl)cn1. The summed E-state index contributed by atoms with van der Waals surface area (Å²) in [6, 6.07) is 6.14. The van der Waals surface area contributed by atoms with Gasteiger partial charge in [0.25, 0.3) is 5.91 Å². The van der Waals surface area contributed by atoms with Crippen LogP contribution in [0.25, 0.3) is 0 Å². The third-order valence-corrected chi connectivity index (χ3v) is 2.58. The minimum absolute atomic E-state index is 0.0364. The summed E-state index contributed by atoms with van der Waals surface area (Å²) < 4.78 is 9.83. The number of hydrogen-bond donors (Lipinski definition) is 1. The van der Waals surface area contributed by atoms with E-state index in [9.17, 15) is 9.59 Å². The second-order valence-electron chi connectivity index (χ2n) is 3.88. The monoisotopic (exact) mass is 294 g/mol. The van der Waals surface area contributed by atoms with Gasteiger partial charge in [-0.2, -0.15) is 0 Å². The van der Waals surface area contributed by atoms with Crippen LogP contribution in [0.5, 0.6) is 0 Å². The van der Waals surface area contributed by atoms with E-state index in [1.807, 2.05) is 0 Å². The van der Waals surface area contributed by atoms with Gasteiger partial charge in [-0.3, -0.25) is 4.79 Å². The number of carbonyl (C=O) groups is 2. The van der Waals surface area contributed by atoms with E-state index < -0.39 is 18.0 Å². The maximum Gasteiger partial charge on any atom is 0.374 e. The Morgan fingerprint density at radius 3 is 2.80 bits per heavy atom. The molecule has 1 atom stereocenters. The van der Waals surface area contributed by atoms with Crippen LogP contribution >= 0.6 is 11.6 Å². The molecule has 0 bridgehead atoms. The van der Waals surface area contributed by atoms with Gasteiger partial charge in [0.2, 0.25) is 5.76 Å². The summed E-state index contributed by atoms with van der Waals surface area (Å²) in [6.45, 7) is 1.45. The van der Waals surface area contributed by atoms with Crippen molar-refractivity contribution in [1.82, 2.24) is 4.98 Å². The first-order valence-electron chi connectivity index (χ1n) is 5.73. The zero-order chi connectivity index (χ0) is 14.5. The first-order chi connectivity index (χ1) is 9.56. The number of nitrogens with one attached hydrogen (secondary N) is 1. The highest BCUT2D eigenvalue weighted by atomic mass is 35.5. The van der Waals surface area contributed by atoms with Crippen molar-refractivity contribution in [1.29, 1.82) is 0 Å². The van der Waals surface area contributed by atoms with Crippen molar-refractivity contribution in [2.24, 2.45) is 0 Å². The molecule has 0 fully saturated rings. The van der Waals surface area contributed by atoms with Crippen molar-refractivity contribution in [3.63, 3.8) is 0 Å². The van der Waals surface area contributed by atoms with Gasteiger partial charge in [0.15, 0.2) is 6.10 Å². The standard InChI is InChI=1S/C13H11ClN2O4/c1-8(20-13(18)10-3-2-6-19-10)12(17)16-11-5-4-9(14)7-15-11/h2-8H,1H3,(H,15,16,17)/t8-/m1/s1. The van der Waals surface area contributed by atoms with E-state index in [2.05, 4.69) is 10.3 Å². The maximum absolute atomic E-state index is 11.8. The molecule has 2 aromatic heterocycles. The molecule has 0 aliphatic carbocycles. The number of nitrogens with zero attached hydrogens (tertiary/aromatic N) is 1. The van der Waals surface area contributed by atoms with Crippen LogP contribution in [0.15, 0.2) is 41.1 Å². The van der Waals surface area contributed by atoms with Crippen molar-refractivity contribution in [3.05, 3.63) is 47.5 Å². The number of halogens is 1. The van der Waals surface area contributed by atoms with Gasteiger partial charge in [-0.1, -0.05) is 11.6 Å². The van der Waals surface area contributed by atoms with Crippen LogP contribution in [-0.4, -0.2) is 23.0 Å². The number of hydrogen-bond acceptors (Lipinski definition) is 5. The molecular formula is C13H11ClN2O4. The highest BCUT2D eigenvalue weighted by Gasteiger charge is 2.20. The molecule has 0 aliphatic heterocycles. The summed E-state index contributed by atoms with van der Waals surface area (Å²) in [7, 11) is 0. The lowest BCUT2D eigenvalue weighted by atomic mass is 10.3. The van der Waals surface area contributed by atoms with E-state index in [1.54, 1.807) is 18.2 Å². The van der Waals surface area contributed by atoms with E-state index in [4.69, 9.17) is 20.8 Å². The van der Waals surface area contributed by atoms with Crippen molar-refractivity contribution >= 4 is 29.3 Å².